The molecule has 0 aliphatic heterocycles. The fourth-order valence-electron chi connectivity index (χ4n) is 0.877. The van der Waals surface area contributed by atoms with Gasteiger partial charge in [0.15, 0.2) is 0 Å². The van der Waals surface area contributed by atoms with Gasteiger partial charge in [0, 0.05) is 15.7 Å². The third-order valence-electron chi connectivity index (χ3n) is 1.38. The van der Waals surface area contributed by atoms with Crippen LogP contribution < -0.4 is 11.2 Å². The maximum atomic E-state index is 7.42. The highest BCUT2D eigenvalue weighted by atomic mass is 79.9. The third-order valence-corrected chi connectivity index (χ3v) is 1.83. The van der Waals surface area contributed by atoms with E-state index in [2.05, 4.69) is 26.6 Å². The fourth-order valence-corrected chi connectivity index (χ4v) is 1.39. The van der Waals surface area contributed by atoms with Gasteiger partial charge in [0.1, 0.15) is 5.84 Å². The molecule has 13 heavy (non-hydrogen) atoms. The van der Waals surface area contributed by atoms with Crippen molar-refractivity contribution in [1.29, 1.82) is 10.9 Å². The largest absolute Gasteiger partial charge is 0.399 e. The Hall–Kier alpha value is -1.43. The van der Waals surface area contributed by atoms with Crippen LogP contribution in [0.2, 0.25) is 0 Å². The smallest absolute Gasteiger partial charge is 0.147 e. The predicted octanol–water partition coefficient (Wildman–Crippen LogP) is 1.89. The van der Waals surface area contributed by atoms with E-state index in [4.69, 9.17) is 16.7 Å². The van der Waals surface area contributed by atoms with E-state index in [9.17, 15) is 0 Å². The Kier molecular flexibility index (Phi) is 2.97. The second-order valence-corrected chi connectivity index (χ2v) is 3.29. The van der Waals surface area contributed by atoms with Gasteiger partial charge in [0.2, 0.25) is 0 Å². The van der Waals surface area contributed by atoms with Crippen molar-refractivity contribution in [2.75, 3.05) is 5.73 Å². The number of amidine groups is 1. The number of benzene rings is 1. The molecule has 68 valence electrons. The summed E-state index contributed by atoms with van der Waals surface area (Å²) in [4.78, 5) is 0. The van der Waals surface area contributed by atoms with Gasteiger partial charge in [-0.3, -0.25) is 5.41 Å². The van der Waals surface area contributed by atoms with E-state index in [0.29, 0.717) is 11.3 Å². The first kappa shape index (κ1) is 9.66. The van der Waals surface area contributed by atoms with Crippen LogP contribution in [0.3, 0.4) is 0 Å². The Morgan fingerprint density at radius 2 is 2.15 bits per heavy atom. The number of nitrogens with zero attached hydrogens (tertiary/aromatic N) is 1. The number of nitrogens with two attached hydrogens (primary N) is 1. The third kappa shape index (κ3) is 2.51. The number of hydrogen-bond acceptors (Lipinski definition) is 4. The summed E-state index contributed by atoms with van der Waals surface area (Å²) in [6.07, 6.45) is 0. The summed E-state index contributed by atoms with van der Waals surface area (Å²) in [5.41, 5.74) is 15.4. The van der Waals surface area contributed by atoms with E-state index >= 15 is 0 Å². The van der Waals surface area contributed by atoms with Crippen molar-refractivity contribution in [3.05, 3.63) is 28.2 Å². The van der Waals surface area contributed by atoms with Gasteiger partial charge >= 0.3 is 0 Å². The molecule has 1 rings (SSSR count). The number of hydrogen-bond donors (Lipinski definition) is 4. The molecule has 0 spiro atoms. The zero-order valence-corrected chi connectivity index (χ0v) is 8.22. The monoisotopic (exact) mass is 241 g/mol. The van der Waals surface area contributed by atoms with Crippen LogP contribution in [-0.2, 0) is 0 Å². The normalized spacial score (nSPS) is 9.31. The first-order valence-electron chi connectivity index (χ1n) is 3.41. The summed E-state index contributed by atoms with van der Waals surface area (Å²) in [5, 5.41) is 10.3. The van der Waals surface area contributed by atoms with Crippen molar-refractivity contribution in [2.24, 2.45) is 5.22 Å². The van der Waals surface area contributed by atoms with Crippen molar-refractivity contribution < 1.29 is 0 Å². The molecule has 0 radical (unpaired) electrons. The van der Waals surface area contributed by atoms with E-state index in [1.165, 1.54) is 0 Å². The Balaban J connectivity index is 3.00. The molecule has 0 atom stereocenters. The van der Waals surface area contributed by atoms with E-state index in [-0.39, 0.29) is 5.84 Å². The van der Waals surface area contributed by atoms with Gasteiger partial charge in [-0.15, -0.1) is 0 Å². The summed E-state index contributed by atoms with van der Waals surface area (Å²) >= 11 is 3.25. The van der Waals surface area contributed by atoms with Gasteiger partial charge in [-0.2, -0.15) is 5.53 Å². The molecule has 0 amide bonds. The SMILES string of the molecule is N=NNC(=N)c1cc(N)cc(Br)c1. The summed E-state index contributed by atoms with van der Waals surface area (Å²) in [6, 6.07) is 5.08. The van der Waals surface area contributed by atoms with Crippen molar-refractivity contribution in [2.45, 2.75) is 0 Å². The molecule has 1 aromatic rings. The molecule has 0 saturated carbocycles. The number of halogens is 1. The van der Waals surface area contributed by atoms with Crippen LogP contribution in [-0.4, -0.2) is 5.84 Å². The van der Waals surface area contributed by atoms with Crippen molar-refractivity contribution in [3.8, 4) is 0 Å². The second-order valence-electron chi connectivity index (χ2n) is 2.37. The minimum Gasteiger partial charge on any atom is -0.399 e. The van der Waals surface area contributed by atoms with Gasteiger partial charge in [0.25, 0.3) is 0 Å². The van der Waals surface area contributed by atoms with Crippen LogP contribution in [0, 0.1) is 10.9 Å². The Morgan fingerprint density at radius 3 is 2.69 bits per heavy atom. The summed E-state index contributed by atoms with van der Waals surface area (Å²) in [6.45, 7) is 0. The standard InChI is InChI=1S/C7H8BrN5/c8-5-1-4(2-6(9)3-5)7(10)12-13-11/h1-3H,9H2,(H3,10,11,12). The van der Waals surface area contributed by atoms with Crippen LogP contribution in [0.5, 0.6) is 0 Å². The highest BCUT2D eigenvalue weighted by molar-refractivity contribution is 9.10. The number of rotatable bonds is 2. The summed E-state index contributed by atoms with van der Waals surface area (Å²) in [5.74, 6) is 0.0444. The molecule has 5 nitrogen and oxygen atoms in total. The zero-order valence-electron chi connectivity index (χ0n) is 6.63. The minimum atomic E-state index is 0.0444. The summed E-state index contributed by atoms with van der Waals surface area (Å²) < 4.78 is 0.791. The fraction of sp³-hybridized carbons (Fsp3) is 0. The average molecular weight is 242 g/mol. The Labute approximate surface area is 83.4 Å². The average Bonchev–Trinajstić information content (AvgIpc) is 2.03. The van der Waals surface area contributed by atoms with Gasteiger partial charge in [-0.25, -0.2) is 5.43 Å². The number of anilines is 1. The number of nitrogens with one attached hydrogen (secondary N) is 3. The molecule has 0 fully saturated rings. The molecule has 0 saturated heterocycles. The molecule has 0 aromatic heterocycles. The van der Waals surface area contributed by atoms with E-state index < -0.39 is 0 Å². The zero-order chi connectivity index (χ0) is 9.84. The highest BCUT2D eigenvalue weighted by Crippen LogP contribution is 2.16. The molecule has 1 aromatic carbocycles. The van der Waals surface area contributed by atoms with Crippen LogP contribution >= 0.6 is 15.9 Å². The first-order chi connectivity index (χ1) is 6.13. The molecule has 5 N–H and O–H groups in total. The van der Waals surface area contributed by atoms with Crippen molar-refractivity contribution >= 4 is 27.5 Å². The van der Waals surface area contributed by atoms with Crippen LogP contribution in [0.1, 0.15) is 5.56 Å². The quantitative estimate of drug-likeness (QED) is 0.209. The van der Waals surface area contributed by atoms with Crippen LogP contribution in [0.4, 0.5) is 5.69 Å². The first-order valence-corrected chi connectivity index (χ1v) is 4.20. The maximum Gasteiger partial charge on any atom is 0.147 e. The summed E-state index contributed by atoms with van der Waals surface area (Å²) in [7, 11) is 0. The van der Waals surface area contributed by atoms with Crippen molar-refractivity contribution in [3.63, 3.8) is 0 Å². The van der Waals surface area contributed by atoms with Gasteiger partial charge in [0.05, 0.1) is 0 Å². The lowest BCUT2D eigenvalue weighted by atomic mass is 10.2. The minimum absolute atomic E-state index is 0.0444. The molecule has 0 unspecified atom stereocenters. The van der Waals surface area contributed by atoms with Crippen LogP contribution in [0.15, 0.2) is 27.9 Å². The predicted molar refractivity (Wildman–Crippen MR) is 53.7 cm³/mol. The lowest BCUT2D eigenvalue weighted by Gasteiger charge is -2.03. The maximum absolute atomic E-state index is 7.42. The highest BCUT2D eigenvalue weighted by Gasteiger charge is 2.02. The lowest BCUT2D eigenvalue weighted by molar-refractivity contribution is 0.861. The molecule has 0 aliphatic carbocycles. The molecule has 0 aliphatic rings. The second kappa shape index (κ2) is 3.99. The van der Waals surface area contributed by atoms with Gasteiger partial charge < -0.3 is 5.73 Å². The van der Waals surface area contributed by atoms with E-state index in [1.54, 1.807) is 18.2 Å². The molecular weight excluding hydrogens is 234 g/mol. The van der Waals surface area contributed by atoms with Gasteiger partial charge in [-0.1, -0.05) is 21.2 Å². The van der Waals surface area contributed by atoms with Gasteiger partial charge in [-0.05, 0) is 18.2 Å². The Morgan fingerprint density at radius 1 is 1.46 bits per heavy atom. The Bertz CT molecular complexity index is 328. The molecule has 6 heteroatoms. The lowest BCUT2D eigenvalue weighted by Crippen LogP contribution is -2.16. The molecule has 0 heterocycles. The van der Waals surface area contributed by atoms with Crippen LogP contribution in [0.25, 0.3) is 0 Å². The topological polar surface area (TPSA) is 98.1 Å². The van der Waals surface area contributed by atoms with Crippen molar-refractivity contribution in [1.82, 2.24) is 5.43 Å². The van der Waals surface area contributed by atoms with E-state index in [0.717, 1.165) is 4.47 Å². The number of nitrogen functional groups attached to an aromatic ring is 1. The van der Waals surface area contributed by atoms with E-state index in [1.807, 2.05) is 0 Å². The molecular formula is C7H8BrN5. The molecule has 0 bridgehead atoms.